The number of furan rings is 1. The highest BCUT2D eigenvalue weighted by Crippen LogP contribution is 2.24. The van der Waals surface area contributed by atoms with Gasteiger partial charge in [-0.2, -0.15) is 0 Å². The first-order chi connectivity index (χ1) is 25.1. The number of nitrogens with two attached hydrogens (primary N) is 1. The standard InChI is InChI=1S/C34H44N4O15/c35-16-22-15-20(18-53-22)17-52-21-3-1-19(2-4-21)13-14-36-27(39)10-7-25(33(48)49)38-29(41)11-8-26(34(50)51)37-28(40)9-5-23(31(44)45)24(32(46)47)6-12-30(42)43/h1-4,15,18,23-26H,5-14,16-17,35H2,(H,36,39)(H,37,40)(H,38,41)(H,42,43)(H,44,45)(H,46,47)(H,48,49)(H,50,51). The number of benzene rings is 1. The number of nitrogens with one attached hydrogen (secondary N) is 3. The second-order valence-electron chi connectivity index (χ2n) is 12.0. The summed E-state index contributed by atoms with van der Waals surface area (Å²) in [6.45, 7) is 0.843. The zero-order chi connectivity index (χ0) is 39.5. The van der Waals surface area contributed by atoms with Crippen molar-refractivity contribution in [2.45, 2.75) is 83.0 Å². The molecule has 1 aromatic carbocycles. The minimum Gasteiger partial charge on any atom is -0.489 e. The van der Waals surface area contributed by atoms with Crippen molar-refractivity contribution in [2.75, 3.05) is 6.54 Å². The van der Waals surface area contributed by atoms with Gasteiger partial charge in [-0.05, 0) is 55.9 Å². The number of rotatable bonds is 26. The van der Waals surface area contributed by atoms with Crippen LogP contribution in [0.3, 0.4) is 0 Å². The van der Waals surface area contributed by atoms with Crippen LogP contribution in [0.4, 0.5) is 0 Å². The van der Waals surface area contributed by atoms with Crippen LogP contribution in [0.2, 0.25) is 0 Å². The highest BCUT2D eigenvalue weighted by atomic mass is 16.5. The summed E-state index contributed by atoms with van der Waals surface area (Å²) in [5, 5.41) is 53.7. The molecule has 19 nitrogen and oxygen atoms in total. The van der Waals surface area contributed by atoms with Crippen LogP contribution >= 0.6 is 0 Å². The Kier molecular flexibility index (Phi) is 18.0. The Labute approximate surface area is 302 Å². The first-order valence-electron chi connectivity index (χ1n) is 16.6. The van der Waals surface area contributed by atoms with Crippen molar-refractivity contribution in [3.05, 3.63) is 53.5 Å². The van der Waals surface area contributed by atoms with Crippen molar-refractivity contribution < 1.29 is 73.0 Å². The van der Waals surface area contributed by atoms with E-state index in [9.17, 15) is 58.8 Å². The molecule has 10 N–H and O–H groups in total. The number of carbonyl (C=O) groups excluding carboxylic acids is 3. The molecule has 0 fully saturated rings. The predicted octanol–water partition coefficient (Wildman–Crippen LogP) is 0.722. The highest BCUT2D eigenvalue weighted by Gasteiger charge is 2.34. The summed E-state index contributed by atoms with van der Waals surface area (Å²) < 4.78 is 11.0. The molecule has 0 saturated heterocycles. The van der Waals surface area contributed by atoms with Gasteiger partial charge in [0.25, 0.3) is 0 Å². The molecule has 2 aromatic rings. The Bertz CT molecular complexity index is 1590. The van der Waals surface area contributed by atoms with E-state index in [2.05, 4.69) is 16.0 Å². The fourth-order valence-electron chi connectivity index (χ4n) is 5.12. The van der Waals surface area contributed by atoms with E-state index in [1.165, 1.54) is 0 Å². The van der Waals surface area contributed by atoms with Crippen LogP contribution < -0.4 is 26.4 Å². The summed E-state index contributed by atoms with van der Waals surface area (Å²) in [7, 11) is 0. The third-order valence-electron chi connectivity index (χ3n) is 8.03. The van der Waals surface area contributed by atoms with Gasteiger partial charge in [-0.3, -0.25) is 28.8 Å². The monoisotopic (exact) mass is 748 g/mol. The maximum Gasteiger partial charge on any atom is 0.326 e. The zero-order valence-electron chi connectivity index (χ0n) is 28.7. The molecule has 4 atom stereocenters. The van der Waals surface area contributed by atoms with Crippen LogP contribution in [-0.4, -0.2) is 91.7 Å². The average molecular weight is 749 g/mol. The van der Waals surface area contributed by atoms with Crippen molar-refractivity contribution >= 4 is 47.6 Å². The van der Waals surface area contributed by atoms with E-state index in [-0.39, 0.29) is 25.9 Å². The van der Waals surface area contributed by atoms with Gasteiger partial charge >= 0.3 is 29.8 Å². The Balaban J connectivity index is 1.76. The highest BCUT2D eigenvalue weighted by molar-refractivity contribution is 5.87. The van der Waals surface area contributed by atoms with Crippen molar-refractivity contribution in [3.63, 3.8) is 0 Å². The molecule has 0 bridgehead atoms. The number of aliphatic carboxylic acids is 5. The van der Waals surface area contributed by atoms with E-state index in [4.69, 9.17) is 20.0 Å². The molecule has 19 heteroatoms. The van der Waals surface area contributed by atoms with E-state index in [1.54, 1.807) is 24.5 Å². The van der Waals surface area contributed by atoms with Gasteiger partial charge < -0.3 is 56.4 Å². The maximum atomic E-state index is 12.5. The number of carboxylic acids is 5. The molecule has 0 saturated carbocycles. The van der Waals surface area contributed by atoms with Gasteiger partial charge in [-0.25, -0.2) is 9.59 Å². The van der Waals surface area contributed by atoms with Crippen LogP contribution in [-0.2, 0) is 57.9 Å². The summed E-state index contributed by atoms with van der Waals surface area (Å²) in [5.74, 6) is -11.7. The van der Waals surface area contributed by atoms with E-state index < -0.39 is 110 Å². The second-order valence-corrected chi connectivity index (χ2v) is 12.0. The normalized spacial score (nSPS) is 13.1. The third kappa shape index (κ3) is 16.3. The lowest BCUT2D eigenvalue weighted by atomic mass is 9.85. The Morgan fingerprint density at radius 3 is 1.64 bits per heavy atom. The zero-order valence-corrected chi connectivity index (χ0v) is 28.7. The maximum absolute atomic E-state index is 12.5. The van der Waals surface area contributed by atoms with Crippen molar-refractivity contribution in [1.29, 1.82) is 0 Å². The lowest BCUT2D eigenvalue weighted by molar-refractivity contribution is -0.155. The Morgan fingerprint density at radius 2 is 1.17 bits per heavy atom. The number of hydrogen-bond acceptors (Lipinski definition) is 11. The summed E-state index contributed by atoms with van der Waals surface area (Å²) in [6, 6.07) is 5.91. The molecular weight excluding hydrogens is 704 g/mol. The second kappa shape index (κ2) is 22.1. The van der Waals surface area contributed by atoms with E-state index in [1.807, 2.05) is 12.1 Å². The predicted molar refractivity (Wildman–Crippen MR) is 180 cm³/mol. The minimum atomic E-state index is -1.64. The van der Waals surface area contributed by atoms with Gasteiger partial charge in [0, 0.05) is 37.8 Å². The van der Waals surface area contributed by atoms with Gasteiger partial charge in [0.15, 0.2) is 0 Å². The molecule has 0 aliphatic rings. The van der Waals surface area contributed by atoms with Crippen molar-refractivity contribution in [3.8, 4) is 5.75 Å². The van der Waals surface area contributed by atoms with Crippen LogP contribution in [0.15, 0.2) is 41.0 Å². The minimum absolute atomic E-state index is 0.242. The number of ether oxygens (including phenoxy) is 1. The van der Waals surface area contributed by atoms with Gasteiger partial charge in [-0.15, -0.1) is 0 Å². The first kappa shape index (κ1) is 43.2. The SMILES string of the molecule is NCc1cc(COc2ccc(CCNC(=O)CCC(NC(=O)CCC(NC(=O)CCC(C(=O)O)C(CCC(=O)O)C(=O)O)C(=O)O)C(=O)O)cc2)co1. The molecule has 2 rings (SSSR count). The molecule has 0 aliphatic carbocycles. The smallest absolute Gasteiger partial charge is 0.326 e. The number of carboxylic acid groups (broad SMARTS) is 5. The van der Waals surface area contributed by atoms with Crippen molar-refractivity contribution in [1.82, 2.24) is 16.0 Å². The van der Waals surface area contributed by atoms with E-state index >= 15 is 0 Å². The number of carbonyl (C=O) groups is 8. The van der Waals surface area contributed by atoms with E-state index in [0.717, 1.165) is 11.1 Å². The molecule has 4 unspecified atom stereocenters. The molecule has 53 heavy (non-hydrogen) atoms. The van der Waals surface area contributed by atoms with Crippen LogP contribution in [0.5, 0.6) is 5.75 Å². The molecule has 1 heterocycles. The van der Waals surface area contributed by atoms with Gasteiger partial charge in [0.2, 0.25) is 17.7 Å². The summed E-state index contributed by atoms with van der Waals surface area (Å²) in [4.78, 5) is 94.7. The van der Waals surface area contributed by atoms with Gasteiger partial charge in [0.05, 0.1) is 24.6 Å². The molecule has 0 aliphatic heterocycles. The number of amides is 3. The lowest BCUT2D eigenvalue weighted by Crippen LogP contribution is -2.44. The quantitative estimate of drug-likeness (QED) is 0.0640. The van der Waals surface area contributed by atoms with Gasteiger partial charge in [-0.1, -0.05) is 12.1 Å². The fraction of sp³-hybridized carbons (Fsp3) is 0.471. The molecule has 0 spiro atoms. The molecular formula is C34H44N4O15. The fourth-order valence-corrected chi connectivity index (χ4v) is 5.12. The Morgan fingerprint density at radius 1 is 0.660 bits per heavy atom. The van der Waals surface area contributed by atoms with Gasteiger partial charge in [0.1, 0.15) is 30.2 Å². The first-order valence-corrected chi connectivity index (χ1v) is 16.6. The summed E-state index contributed by atoms with van der Waals surface area (Å²) in [6.07, 6.45) is -1.76. The lowest BCUT2D eigenvalue weighted by Gasteiger charge is -2.20. The Hall–Kier alpha value is -5.98. The topological polar surface area (TPSA) is 322 Å². The third-order valence-corrected chi connectivity index (χ3v) is 8.03. The summed E-state index contributed by atoms with van der Waals surface area (Å²) >= 11 is 0. The average Bonchev–Trinajstić information content (AvgIpc) is 3.57. The molecule has 3 amide bonds. The van der Waals surface area contributed by atoms with Crippen LogP contribution in [0, 0.1) is 11.8 Å². The van der Waals surface area contributed by atoms with Crippen LogP contribution in [0.1, 0.15) is 68.3 Å². The number of hydrogen-bond donors (Lipinski definition) is 9. The molecule has 0 radical (unpaired) electrons. The largest absolute Gasteiger partial charge is 0.489 e. The van der Waals surface area contributed by atoms with Crippen LogP contribution in [0.25, 0.3) is 0 Å². The summed E-state index contributed by atoms with van der Waals surface area (Å²) in [5.41, 5.74) is 7.27. The van der Waals surface area contributed by atoms with E-state index in [0.29, 0.717) is 24.5 Å². The molecule has 290 valence electrons. The van der Waals surface area contributed by atoms with Crippen molar-refractivity contribution in [2.24, 2.45) is 17.6 Å². The molecule has 1 aromatic heterocycles.